The van der Waals surface area contributed by atoms with Crippen LogP contribution in [-0.4, -0.2) is 22.5 Å². The Balaban J connectivity index is 1.74. The highest BCUT2D eigenvalue weighted by atomic mass is 32.1. The molecule has 1 fully saturated rings. The lowest BCUT2D eigenvalue weighted by Gasteiger charge is -2.24. The van der Waals surface area contributed by atoms with Crippen LogP contribution in [0.2, 0.25) is 0 Å². The molecule has 1 N–H and O–H groups in total. The van der Waals surface area contributed by atoms with Gasteiger partial charge in [-0.3, -0.25) is 4.79 Å². The highest BCUT2D eigenvalue weighted by Crippen LogP contribution is 2.36. The van der Waals surface area contributed by atoms with Crippen molar-refractivity contribution in [2.75, 3.05) is 6.54 Å². The SMILES string of the molecule is Cc1ccc([C@H]2CCCN2C(=O)Cc2cccc(O)c2)s1. The molecule has 3 nitrogen and oxygen atoms in total. The van der Waals surface area contributed by atoms with Gasteiger partial charge in [0.05, 0.1) is 12.5 Å². The van der Waals surface area contributed by atoms with Crippen molar-refractivity contribution < 1.29 is 9.90 Å². The summed E-state index contributed by atoms with van der Waals surface area (Å²) >= 11 is 1.78. The normalized spacial score (nSPS) is 18.1. The lowest BCUT2D eigenvalue weighted by molar-refractivity contribution is -0.131. The van der Waals surface area contributed by atoms with Crippen molar-refractivity contribution in [2.24, 2.45) is 0 Å². The minimum atomic E-state index is 0.147. The third kappa shape index (κ3) is 3.10. The Morgan fingerprint density at radius 3 is 2.95 bits per heavy atom. The van der Waals surface area contributed by atoms with E-state index in [9.17, 15) is 9.90 Å². The fourth-order valence-electron chi connectivity index (χ4n) is 2.94. The zero-order valence-corrected chi connectivity index (χ0v) is 12.9. The number of thiophene rings is 1. The summed E-state index contributed by atoms with van der Waals surface area (Å²) in [5.41, 5.74) is 0.869. The maximum atomic E-state index is 12.6. The van der Waals surface area contributed by atoms with Crippen molar-refractivity contribution in [3.8, 4) is 5.75 Å². The lowest BCUT2D eigenvalue weighted by atomic mass is 10.1. The summed E-state index contributed by atoms with van der Waals surface area (Å²) in [4.78, 5) is 17.1. The molecule has 2 aromatic rings. The van der Waals surface area contributed by atoms with Crippen LogP contribution in [0.4, 0.5) is 0 Å². The Bertz CT molecular complexity index is 650. The number of hydrogen-bond acceptors (Lipinski definition) is 3. The third-order valence-electron chi connectivity index (χ3n) is 3.93. The molecule has 1 aromatic heterocycles. The quantitative estimate of drug-likeness (QED) is 0.939. The Morgan fingerprint density at radius 2 is 2.24 bits per heavy atom. The fraction of sp³-hybridized carbons (Fsp3) is 0.353. The van der Waals surface area contributed by atoms with Crippen LogP contribution in [-0.2, 0) is 11.2 Å². The van der Waals surface area contributed by atoms with E-state index in [2.05, 4.69) is 19.1 Å². The number of phenols is 1. The Hall–Kier alpha value is -1.81. The van der Waals surface area contributed by atoms with Crippen molar-refractivity contribution >= 4 is 17.2 Å². The number of carbonyl (C=O) groups excluding carboxylic acids is 1. The van der Waals surface area contributed by atoms with E-state index in [1.807, 2.05) is 11.0 Å². The van der Waals surface area contributed by atoms with Crippen molar-refractivity contribution in [1.82, 2.24) is 4.90 Å². The zero-order valence-electron chi connectivity index (χ0n) is 12.1. The summed E-state index contributed by atoms with van der Waals surface area (Å²) in [6.45, 7) is 2.93. The van der Waals surface area contributed by atoms with Crippen molar-refractivity contribution in [1.29, 1.82) is 0 Å². The molecule has 4 heteroatoms. The smallest absolute Gasteiger partial charge is 0.227 e. The van der Waals surface area contributed by atoms with Gasteiger partial charge >= 0.3 is 0 Å². The molecule has 1 aliphatic rings. The number of likely N-dealkylation sites (tertiary alicyclic amines) is 1. The molecule has 1 atom stereocenters. The first-order valence-corrected chi connectivity index (χ1v) is 8.09. The van der Waals surface area contributed by atoms with Gasteiger partial charge in [0.25, 0.3) is 0 Å². The second kappa shape index (κ2) is 5.90. The van der Waals surface area contributed by atoms with Crippen molar-refractivity contribution in [2.45, 2.75) is 32.2 Å². The predicted octanol–water partition coefficient (Wildman–Crippen LogP) is 3.67. The van der Waals surface area contributed by atoms with Crippen LogP contribution in [0.15, 0.2) is 36.4 Å². The van der Waals surface area contributed by atoms with Gasteiger partial charge in [-0.25, -0.2) is 0 Å². The van der Waals surface area contributed by atoms with E-state index in [4.69, 9.17) is 0 Å². The minimum absolute atomic E-state index is 0.147. The van der Waals surface area contributed by atoms with Gasteiger partial charge in [-0.1, -0.05) is 12.1 Å². The van der Waals surface area contributed by atoms with Gasteiger partial charge in [0.15, 0.2) is 0 Å². The number of aryl methyl sites for hydroxylation is 1. The topological polar surface area (TPSA) is 40.5 Å². The van der Waals surface area contributed by atoms with Crippen LogP contribution in [0.3, 0.4) is 0 Å². The van der Waals surface area contributed by atoms with Crippen LogP contribution in [0.25, 0.3) is 0 Å². The molecule has 0 spiro atoms. The summed E-state index contributed by atoms with van der Waals surface area (Å²) < 4.78 is 0. The molecule has 0 unspecified atom stereocenters. The summed E-state index contributed by atoms with van der Waals surface area (Å²) in [5.74, 6) is 0.362. The Morgan fingerprint density at radius 1 is 1.38 bits per heavy atom. The molecule has 3 rings (SSSR count). The molecule has 1 aliphatic heterocycles. The molecular formula is C17H19NO2S. The highest BCUT2D eigenvalue weighted by molar-refractivity contribution is 7.12. The first kappa shape index (κ1) is 14.1. The van der Waals surface area contributed by atoms with Crippen LogP contribution in [0, 0.1) is 6.92 Å². The predicted molar refractivity (Wildman–Crippen MR) is 84.6 cm³/mol. The van der Waals surface area contributed by atoms with E-state index in [0.29, 0.717) is 6.42 Å². The molecule has 21 heavy (non-hydrogen) atoms. The van der Waals surface area contributed by atoms with Crippen LogP contribution in [0.1, 0.15) is 34.2 Å². The van der Waals surface area contributed by atoms with Crippen LogP contribution in [0.5, 0.6) is 5.75 Å². The molecule has 1 saturated heterocycles. The molecule has 1 amide bonds. The maximum absolute atomic E-state index is 12.6. The van der Waals surface area contributed by atoms with E-state index >= 15 is 0 Å². The fourth-order valence-corrected chi connectivity index (χ4v) is 3.96. The Labute approximate surface area is 128 Å². The van der Waals surface area contributed by atoms with Crippen LogP contribution >= 0.6 is 11.3 Å². The first-order valence-electron chi connectivity index (χ1n) is 7.27. The molecular weight excluding hydrogens is 282 g/mol. The maximum Gasteiger partial charge on any atom is 0.227 e. The monoisotopic (exact) mass is 301 g/mol. The number of benzene rings is 1. The number of rotatable bonds is 3. The van der Waals surface area contributed by atoms with E-state index in [1.54, 1.807) is 29.5 Å². The Kier molecular flexibility index (Phi) is 3.97. The second-order valence-electron chi connectivity index (χ2n) is 5.54. The number of nitrogens with zero attached hydrogens (tertiary/aromatic N) is 1. The second-order valence-corrected chi connectivity index (χ2v) is 6.86. The van der Waals surface area contributed by atoms with Gasteiger partial charge < -0.3 is 10.0 Å². The molecule has 0 aliphatic carbocycles. The summed E-state index contributed by atoms with van der Waals surface area (Å²) in [6, 6.07) is 11.5. The molecule has 2 heterocycles. The van der Waals surface area contributed by atoms with Gasteiger partial charge in [0, 0.05) is 16.3 Å². The average molecular weight is 301 g/mol. The summed E-state index contributed by atoms with van der Waals surface area (Å²) in [7, 11) is 0. The lowest BCUT2D eigenvalue weighted by Crippen LogP contribution is -2.31. The molecule has 0 radical (unpaired) electrons. The van der Waals surface area contributed by atoms with E-state index < -0.39 is 0 Å². The number of amides is 1. The van der Waals surface area contributed by atoms with Gasteiger partial charge in [-0.05, 0) is 49.6 Å². The largest absolute Gasteiger partial charge is 0.508 e. The van der Waals surface area contributed by atoms with E-state index in [0.717, 1.165) is 24.9 Å². The number of aromatic hydroxyl groups is 1. The average Bonchev–Trinajstić information content (AvgIpc) is 3.06. The van der Waals surface area contributed by atoms with Gasteiger partial charge in [-0.2, -0.15) is 0 Å². The molecule has 0 bridgehead atoms. The molecule has 0 saturated carbocycles. The minimum Gasteiger partial charge on any atom is -0.508 e. The first-order chi connectivity index (χ1) is 10.1. The molecule has 1 aromatic carbocycles. The highest BCUT2D eigenvalue weighted by Gasteiger charge is 2.30. The number of hydrogen-bond donors (Lipinski definition) is 1. The summed E-state index contributed by atoms with van der Waals surface area (Å²) in [6.07, 6.45) is 2.47. The van der Waals surface area contributed by atoms with Crippen LogP contribution < -0.4 is 0 Å². The third-order valence-corrected chi connectivity index (χ3v) is 5.03. The zero-order chi connectivity index (χ0) is 14.8. The van der Waals surface area contributed by atoms with E-state index in [-0.39, 0.29) is 17.7 Å². The number of carbonyl (C=O) groups is 1. The standard InChI is InChI=1S/C17H19NO2S/c1-12-7-8-16(21-12)15-6-3-9-18(15)17(20)11-13-4-2-5-14(19)10-13/h2,4-5,7-8,10,15,19H,3,6,9,11H2,1H3/t15-/m1/s1. The van der Waals surface area contributed by atoms with E-state index in [1.165, 1.54) is 9.75 Å². The van der Waals surface area contributed by atoms with Crippen molar-refractivity contribution in [3.05, 3.63) is 51.7 Å². The van der Waals surface area contributed by atoms with Gasteiger partial charge in [-0.15, -0.1) is 11.3 Å². The summed E-state index contributed by atoms with van der Waals surface area (Å²) in [5, 5.41) is 9.50. The van der Waals surface area contributed by atoms with Gasteiger partial charge in [0.2, 0.25) is 5.91 Å². The van der Waals surface area contributed by atoms with Crippen molar-refractivity contribution in [3.63, 3.8) is 0 Å². The number of phenolic OH excluding ortho intramolecular Hbond substituents is 1. The van der Waals surface area contributed by atoms with Gasteiger partial charge in [0.1, 0.15) is 5.75 Å². The molecule has 110 valence electrons.